The van der Waals surface area contributed by atoms with E-state index in [1.807, 2.05) is 0 Å². The van der Waals surface area contributed by atoms with Crippen LogP contribution in [0.4, 0.5) is 10.2 Å². The number of anilines is 1. The van der Waals surface area contributed by atoms with Crippen LogP contribution in [0.1, 0.15) is 17.1 Å². The Morgan fingerprint density at radius 2 is 1.90 bits per heavy atom. The number of nitrogens with one attached hydrogen (secondary N) is 1. The number of aromatic nitrogens is 1. The summed E-state index contributed by atoms with van der Waals surface area (Å²) in [6, 6.07) is 7.20. The summed E-state index contributed by atoms with van der Waals surface area (Å²) >= 11 is 0. The molecular formula is C13H16FN2O4P. The van der Waals surface area contributed by atoms with E-state index in [1.165, 1.54) is 38.5 Å². The van der Waals surface area contributed by atoms with Crippen molar-refractivity contribution < 1.29 is 22.5 Å². The molecule has 0 spiro atoms. The summed E-state index contributed by atoms with van der Waals surface area (Å²) in [4.78, 5) is 0. The molecule has 2 rings (SSSR count). The average molecular weight is 314 g/mol. The highest BCUT2D eigenvalue weighted by Crippen LogP contribution is 2.59. The Hall–Kier alpha value is -1.69. The van der Waals surface area contributed by atoms with Crippen LogP contribution in [0.2, 0.25) is 0 Å². The third-order valence-corrected chi connectivity index (χ3v) is 5.00. The Morgan fingerprint density at radius 3 is 2.38 bits per heavy atom. The number of hydrogen-bond acceptors (Lipinski definition) is 6. The van der Waals surface area contributed by atoms with Crippen molar-refractivity contribution in [1.82, 2.24) is 5.16 Å². The molecule has 1 unspecified atom stereocenters. The van der Waals surface area contributed by atoms with Crippen LogP contribution in [-0.4, -0.2) is 19.4 Å². The van der Waals surface area contributed by atoms with Gasteiger partial charge in [0.15, 0.2) is 11.6 Å². The highest BCUT2D eigenvalue weighted by molar-refractivity contribution is 7.54. The highest BCUT2D eigenvalue weighted by Gasteiger charge is 2.36. The first-order valence-corrected chi connectivity index (χ1v) is 7.76. The van der Waals surface area contributed by atoms with Crippen LogP contribution in [0.5, 0.6) is 0 Å². The number of benzene rings is 1. The van der Waals surface area contributed by atoms with Crippen LogP contribution in [-0.2, 0) is 13.6 Å². The zero-order chi connectivity index (χ0) is 15.5. The van der Waals surface area contributed by atoms with Gasteiger partial charge in [0.25, 0.3) is 0 Å². The predicted molar refractivity (Wildman–Crippen MR) is 75.6 cm³/mol. The van der Waals surface area contributed by atoms with Crippen molar-refractivity contribution in [1.29, 1.82) is 0 Å². The van der Waals surface area contributed by atoms with Crippen LogP contribution in [0.15, 0.2) is 34.9 Å². The molecule has 1 aromatic carbocycles. The molecule has 0 fully saturated rings. The molecule has 2 aromatic rings. The molecule has 6 nitrogen and oxygen atoms in total. The number of hydrogen-bond donors (Lipinski definition) is 1. The zero-order valence-corrected chi connectivity index (χ0v) is 12.8. The standard InChI is InChI=1S/C13H16FN2O4P/c1-9-8-12(16-20-9)15-13(21(17,18-2)19-3)10-4-6-11(14)7-5-10/h4-8,13H,1-3H3,(H,15,16). The summed E-state index contributed by atoms with van der Waals surface area (Å²) in [7, 11) is -0.923. The second kappa shape index (κ2) is 6.39. The van der Waals surface area contributed by atoms with E-state index in [0.717, 1.165) is 0 Å². The Labute approximate surface area is 121 Å². The van der Waals surface area contributed by atoms with Gasteiger partial charge in [0, 0.05) is 20.3 Å². The predicted octanol–water partition coefficient (Wildman–Crippen LogP) is 3.72. The van der Waals surface area contributed by atoms with Gasteiger partial charge in [-0.1, -0.05) is 17.3 Å². The van der Waals surface area contributed by atoms with Crippen molar-refractivity contribution in [2.24, 2.45) is 0 Å². The summed E-state index contributed by atoms with van der Waals surface area (Å²) in [5.41, 5.74) is 0.545. The maximum absolute atomic E-state index is 13.1. The molecule has 0 aliphatic rings. The van der Waals surface area contributed by atoms with Crippen molar-refractivity contribution in [2.75, 3.05) is 19.5 Å². The molecule has 0 aliphatic heterocycles. The molecule has 1 heterocycles. The number of nitrogens with zero attached hydrogens (tertiary/aromatic N) is 1. The van der Waals surface area contributed by atoms with Crippen LogP contribution in [0, 0.1) is 12.7 Å². The van der Waals surface area contributed by atoms with E-state index in [2.05, 4.69) is 10.5 Å². The minimum atomic E-state index is -3.50. The third-order valence-electron chi connectivity index (χ3n) is 2.92. The molecule has 1 N–H and O–H groups in total. The van der Waals surface area contributed by atoms with E-state index in [4.69, 9.17) is 13.6 Å². The Morgan fingerprint density at radius 1 is 1.29 bits per heavy atom. The molecule has 0 saturated carbocycles. The van der Waals surface area contributed by atoms with Crippen molar-refractivity contribution in [2.45, 2.75) is 12.7 Å². The largest absolute Gasteiger partial charge is 0.360 e. The highest BCUT2D eigenvalue weighted by atomic mass is 31.2. The first-order valence-electron chi connectivity index (χ1n) is 6.15. The maximum atomic E-state index is 13.1. The fourth-order valence-corrected chi connectivity index (χ4v) is 3.25. The maximum Gasteiger partial charge on any atom is 0.356 e. The van der Waals surface area contributed by atoms with Crippen LogP contribution in [0.3, 0.4) is 0 Å². The van der Waals surface area contributed by atoms with Gasteiger partial charge in [-0.05, 0) is 24.6 Å². The van der Waals surface area contributed by atoms with E-state index in [-0.39, 0.29) is 5.82 Å². The summed E-state index contributed by atoms with van der Waals surface area (Å²) in [6.07, 6.45) is 0. The first-order chi connectivity index (χ1) is 9.98. The number of aryl methyl sites for hydroxylation is 1. The fourth-order valence-electron chi connectivity index (χ4n) is 1.85. The van der Waals surface area contributed by atoms with Gasteiger partial charge < -0.3 is 18.9 Å². The van der Waals surface area contributed by atoms with Crippen molar-refractivity contribution in [3.8, 4) is 0 Å². The first kappa shape index (κ1) is 15.7. The molecule has 0 bridgehead atoms. The van der Waals surface area contributed by atoms with Gasteiger partial charge in [-0.3, -0.25) is 4.57 Å². The third kappa shape index (κ3) is 3.50. The lowest BCUT2D eigenvalue weighted by Crippen LogP contribution is -2.14. The van der Waals surface area contributed by atoms with Gasteiger partial charge in [0.2, 0.25) is 0 Å². The topological polar surface area (TPSA) is 73.6 Å². The quantitative estimate of drug-likeness (QED) is 0.819. The lowest BCUT2D eigenvalue weighted by atomic mass is 10.2. The van der Waals surface area contributed by atoms with Gasteiger partial charge in [0.05, 0.1) is 0 Å². The van der Waals surface area contributed by atoms with E-state index >= 15 is 0 Å². The summed E-state index contributed by atoms with van der Waals surface area (Å²) < 4.78 is 40.8. The molecule has 1 atom stereocenters. The minimum Gasteiger partial charge on any atom is -0.360 e. The molecule has 114 valence electrons. The number of rotatable bonds is 6. The average Bonchev–Trinajstić information content (AvgIpc) is 2.90. The molecule has 1 aromatic heterocycles. The van der Waals surface area contributed by atoms with E-state index in [9.17, 15) is 8.96 Å². The monoisotopic (exact) mass is 314 g/mol. The SMILES string of the molecule is COP(=O)(OC)C(Nc1cc(C)on1)c1ccc(F)cc1. The molecule has 8 heteroatoms. The van der Waals surface area contributed by atoms with Crippen molar-refractivity contribution in [3.63, 3.8) is 0 Å². The summed E-state index contributed by atoms with van der Waals surface area (Å²) in [5, 5.41) is 6.73. The van der Waals surface area contributed by atoms with E-state index in [1.54, 1.807) is 13.0 Å². The zero-order valence-electron chi connectivity index (χ0n) is 11.9. The molecular weight excluding hydrogens is 298 g/mol. The van der Waals surface area contributed by atoms with Gasteiger partial charge in [-0.2, -0.15) is 0 Å². The van der Waals surface area contributed by atoms with E-state index < -0.39 is 13.4 Å². The van der Waals surface area contributed by atoms with Crippen molar-refractivity contribution in [3.05, 3.63) is 47.5 Å². The normalized spacial score (nSPS) is 13.1. The molecule has 0 radical (unpaired) electrons. The summed E-state index contributed by atoms with van der Waals surface area (Å²) in [6.45, 7) is 1.73. The van der Waals surface area contributed by atoms with Gasteiger partial charge in [-0.15, -0.1) is 0 Å². The van der Waals surface area contributed by atoms with Gasteiger partial charge >= 0.3 is 7.60 Å². The van der Waals surface area contributed by atoms with Gasteiger partial charge in [-0.25, -0.2) is 4.39 Å². The molecule has 0 saturated heterocycles. The van der Waals surface area contributed by atoms with Crippen LogP contribution >= 0.6 is 7.60 Å². The molecule has 21 heavy (non-hydrogen) atoms. The van der Waals surface area contributed by atoms with Gasteiger partial charge in [0.1, 0.15) is 11.6 Å². The number of halogens is 1. The minimum absolute atomic E-state index is 0.385. The second-order valence-corrected chi connectivity index (χ2v) is 6.65. The lowest BCUT2D eigenvalue weighted by molar-refractivity contribution is 0.268. The lowest BCUT2D eigenvalue weighted by Gasteiger charge is -2.25. The van der Waals surface area contributed by atoms with E-state index in [0.29, 0.717) is 17.1 Å². The summed E-state index contributed by atoms with van der Waals surface area (Å²) in [5.74, 6) is -0.242. The fraction of sp³-hybridized carbons (Fsp3) is 0.308. The Balaban J connectivity index is 2.38. The van der Waals surface area contributed by atoms with Crippen LogP contribution in [0.25, 0.3) is 0 Å². The molecule has 0 amide bonds. The van der Waals surface area contributed by atoms with Crippen LogP contribution < -0.4 is 5.32 Å². The van der Waals surface area contributed by atoms with Crippen molar-refractivity contribution >= 4 is 13.4 Å². The Kier molecular flexibility index (Phi) is 4.77. The smallest absolute Gasteiger partial charge is 0.356 e. The molecule has 0 aliphatic carbocycles. The Bertz CT molecular complexity index is 636. The second-order valence-electron chi connectivity index (χ2n) is 4.33.